The number of nitrogens with two attached hydrogens (primary N) is 1. The number of hydrogen-bond donors (Lipinski definition) is 1. The Bertz CT molecular complexity index is 337. The first-order valence-corrected chi connectivity index (χ1v) is 6.82. The van der Waals surface area contributed by atoms with Gasteiger partial charge in [-0.05, 0) is 30.2 Å². The molecule has 0 heterocycles. The minimum atomic E-state index is -0.830. The summed E-state index contributed by atoms with van der Waals surface area (Å²) in [5.41, 5.74) is 6.57. The Balaban J connectivity index is 2.49. The lowest BCUT2D eigenvalue weighted by Crippen LogP contribution is -2.18. The molecule has 2 N–H and O–H groups in total. The molecule has 3 nitrogen and oxygen atoms in total. The molecule has 1 aromatic carbocycles. The van der Waals surface area contributed by atoms with E-state index in [2.05, 4.69) is 0 Å². The second-order valence-corrected chi connectivity index (χ2v) is 5.44. The molecule has 16 heavy (non-hydrogen) atoms. The summed E-state index contributed by atoms with van der Waals surface area (Å²) >= 11 is 0. The molecule has 0 fully saturated rings. The van der Waals surface area contributed by atoms with E-state index in [1.165, 1.54) is 0 Å². The Kier molecular flexibility index (Phi) is 5.49. The molecular weight excluding hydrogens is 222 g/mol. The summed E-state index contributed by atoms with van der Waals surface area (Å²) in [5.74, 6) is 2.40. The topological polar surface area (TPSA) is 52.3 Å². The minimum Gasteiger partial charge on any atom is -0.497 e. The Labute approximate surface area is 99.4 Å². The largest absolute Gasteiger partial charge is 0.497 e. The van der Waals surface area contributed by atoms with E-state index in [1.807, 2.05) is 31.2 Å². The van der Waals surface area contributed by atoms with Crippen LogP contribution in [0.25, 0.3) is 0 Å². The number of ether oxygens (including phenoxy) is 1. The quantitative estimate of drug-likeness (QED) is 0.822. The molecule has 1 rings (SSSR count). The van der Waals surface area contributed by atoms with Gasteiger partial charge in [0, 0.05) is 22.3 Å². The molecule has 0 aliphatic rings. The van der Waals surface area contributed by atoms with Crippen LogP contribution in [0, 0.1) is 5.92 Å². The molecule has 0 saturated carbocycles. The number of benzene rings is 1. The second kappa shape index (κ2) is 6.66. The van der Waals surface area contributed by atoms with Gasteiger partial charge in [-0.15, -0.1) is 0 Å². The first-order chi connectivity index (χ1) is 7.65. The van der Waals surface area contributed by atoms with Crippen molar-refractivity contribution < 1.29 is 8.95 Å². The normalized spacial score (nSPS) is 14.4. The highest BCUT2D eigenvalue weighted by molar-refractivity contribution is 7.84. The lowest BCUT2D eigenvalue weighted by Gasteiger charge is -2.08. The van der Waals surface area contributed by atoms with Crippen LogP contribution in [0.5, 0.6) is 5.75 Å². The molecule has 1 aromatic rings. The van der Waals surface area contributed by atoms with Gasteiger partial charge in [0.15, 0.2) is 0 Å². The molecule has 90 valence electrons. The van der Waals surface area contributed by atoms with Crippen LogP contribution < -0.4 is 10.5 Å². The van der Waals surface area contributed by atoms with E-state index in [0.717, 1.165) is 11.3 Å². The minimum absolute atomic E-state index is 0.319. The fraction of sp³-hybridized carbons (Fsp3) is 0.500. The standard InChI is InChI=1S/C12H19NO2S/c1-10(7-13)8-16(14)9-11-3-5-12(15-2)6-4-11/h3-6,10H,7-9,13H2,1-2H3. The van der Waals surface area contributed by atoms with Crippen LogP contribution in [0.3, 0.4) is 0 Å². The molecule has 0 saturated heterocycles. The number of hydrogen-bond acceptors (Lipinski definition) is 3. The Morgan fingerprint density at radius 2 is 2.00 bits per heavy atom. The summed E-state index contributed by atoms with van der Waals surface area (Å²) in [6.45, 7) is 2.61. The zero-order chi connectivity index (χ0) is 12.0. The molecule has 0 aliphatic carbocycles. The van der Waals surface area contributed by atoms with Crippen LogP contribution in [-0.4, -0.2) is 23.6 Å². The van der Waals surface area contributed by atoms with Gasteiger partial charge in [0.25, 0.3) is 0 Å². The van der Waals surface area contributed by atoms with Crippen molar-refractivity contribution in [2.45, 2.75) is 12.7 Å². The third-order valence-corrected chi connectivity index (χ3v) is 3.96. The maximum Gasteiger partial charge on any atom is 0.118 e. The van der Waals surface area contributed by atoms with Crippen LogP contribution >= 0.6 is 0 Å². The summed E-state index contributed by atoms with van der Waals surface area (Å²) in [4.78, 5) is 0. The Hall–Kier alpha value is -0.870. The van der Waals surface area contributed by atoms with Gasteiger partial charge in [0.1, 0.15) is 5.75 Å². The highest BCUT2D eigenvalue weighted by Gasteiger charge is 2.07. The van der Waals surface area contributed by atoms with E-state index in [-0.39, 0.29) is 0 Å². The predicted molar refractivity (Wildman–Crippen MR) is 67.9 cm³/mol. The van der Waals surface area contributed by atoms with Crippen molar-refractivity contribution in [1.82, 2.24) is 0 Å². The van der Waals surface area contributed by atoms with Crippen molar-refractivity contribution >= 4 is 10.8 Å². The summed E-state index contributed by atoms with van der Waals surface area (Å²) < 4.78 is 16.8. The number of methoxy groups -OCH3 is 1. The molecule has 0 radical (unpaired) electrons. The van der Waals surface area contributed by atoms with Gasteiger partial charge < -0.3 is 10.5 Å². The predicted octanol–water partition coefficient (Wildman–Crippen LogP) is 1.54. The zero-order valence-corrected chi connectivity index (χ0v) is 10.6. The monoisotopic (exact) mass is 241 g/mol. The fourth-order valence-corrected chi connectivity index (χ4v) is 2.80. The maximum atomic E-state index is 11.8. The summed E-state index contributed by atoms with van der Waals surface area (Å²) in [6.07, 6.45) is 0. The summed E-state index contributed by atoms with van der Waals surface area (Å²) in [7, 11) is 0.805. The van der Waals surface area contributed by atoms with E-state index in [9.17, 15) is 4.21 Å². The van der Waals surface area contributed by atoms with Crippen LogP contribution in [0.15, 0.2) is 24.3 Å². The average molecular weight is 241 g/mol. The van der Waals surface area contributed by atoms with Crippen molar-refractivity contribution in [2.24, 2.45) is 11.7 Å². The SMILES string of the molecule is COc1ccc(CS(=O)CC(C)CN)cc1. The van der Waals surface area contributed by atoms with Crippen LogP contribution in [0.4, 0.5) is 0 Å². The van der Waals surface area contributed by atoms with E-state index >= 15 is 0 Å². The van der Waals surface area contributed by atoms with Gasteiger partial charge in [-0.25, -0.2) is 0 Å². The van der Waals surface area contributed by atoms with E-state index in [4.69, 9.17) is 10.5 Å². The van der Waals surface area contributed by atoms with Crippen LogP contribution in [-0.2, 0) is 16.6 Å². The van der Waals surface area contributed by atoms with Crippen molar-refractivity contribution in [1.29, 1.82) is 0 Å². The first kappa shape index (κ1) is 13.2. The highest BCUT2D eigenvalue weighted by Crippen LogP contribution is 2.13. The lowest BCUT2D eigenvalue weighted by molar-refractivity contribution is 0.414. The Morgan fingerprint density at radius 3 is 2.50 bits per heavy atom. The van der Waals surface area contributed by atoms with Gasteiger partial charge >= 0.3 is 0 Å². The molecule has 0 bridgehead atoms. The number of rotatable bonds is 6. The van der Waals surface area contributed by atoms with Gasteiger partial charge in [-0.3, -0.25) is 4.21 Å². The van der Waals surface area contributed by atoms with Crippen molar-refractivity contribution in [3.8, 4) is 5.75 Å². The lowest BCUT2D eigenvalue weighted by atomic mass is 10.2. The molecular formula is C12H19NO2S. The first-order valence-electron chi connectivity index (χ1n) is 5.33. The van der Waals surface area contributed by atoms with Crippen molar-refractivity contribution in [3.63, 3.8) is 0 Å². The summed E-state index contributed by atoms with van der Waals surface area (Å²) in [6, 6.07) is 7.67. The molecule has 0 spiro atoms. The third-order valence-electron chi connectivity index (χ3n) is 2.36. The van der Waals surface area contributed by atoms with E-state index in [0.29, 0.717) is 24.0 Å². The molecule has 2 atom stereocenters. The molecule has 0 aliphatic heterocycles. The second-order valence-electron chi connectivity index (χ2n) is 3.94. The molecule has 0 amide bonds. The zero-order valence-electron chi connectivity index (χ0n) is 9.81. The van der Waals surface area contributed by atoms with E-state index in [1.54, 1.807) is 7.11 Å². The van der Waals surface area contributed by atoms with E-state index < -0.39 is 10.8 Å². The smallest absolute Gasteiger partial charge is 0.118 e. The Morgan fingerprint density at radius 1 is 1.38 bits per heavy atom. The average Bonchev–Trinajstić information content (AvgIpc) is 2.29. The van der Waals surface area contributed by atoms with Gasteiger partial charge in [0.2, 0.25) is 0 Å². The van der Waals surface area contributed by atoms with Crippen molar-refractivity contribution in [3.05, 3.63) is 29.8 Å². The van der Waals surface area contributed by atoms with Gasteiger partial charge in [-0.1, -0.05) is 19.1 Å². The van der Waals surface area contributed by atoms with Crippen molar-refractivity contribution in [2.75, 3.05) is 19.4 Å². The maximum absolute atomic E-state index is 11.8. The third kappa shape index (κ3) is 4.33. The molecule has 2 unspecified atom stereocenters. The molecule has 4 heteroatoms. The fourth-order valence-electron chi connectivity index (χ4n) is 1.35. The highest BCUT2D eigenvalue weighted by atomic mass is 32.2. The van der Waals surface area contributed by atoms with Crippen LogP contribution in [0.1, 0.15) is 12.5 Å². The van der Waals surface area contributed by atoms with Crippen LogP contribution in [0.2, 0.25) is 0 Å². The summed E-state index contributed by atoms with van der Waals surface area (Å²) in [5, 5.41) is 0. The molecule has 0 aromatic heterocycles. The van der Waals surface area contributed by atoms with Gasteiger partial charge in [-0.2, -0.15) is 0 Å². The van der Waals surface area contributed by atoms with Gasteiger partial charge in [0.05, 0.1) is 7.11 Å².